The van der Waals surface area contributed by atoms with E-state index in [1.807, 2.05) is 54.6 Å². The highest BCUT2D eigenvalue weighted by Crippen LogP contribution is 2.41. The molecule has 228 valence electrons. The number of nitrogens with one attached hydrogen (secondary N) is 1. The highest BCUT2D eigenvalue weighted by Gasteiger charge is 2.15. The van der Waals surface area contributed by atoms with Crippen LogP contribution in [0.2, 0.25) is 0 Å². The number of hydrogen-bond donors (Lipinski definition) is 1. The summed E-state index contributed by atoms with van der Waals surface area (Å²) in [7, 11) is 0. The van der Waals surface area contributed by atoms with Crippen LogP contribution >= 0.6 is 0 Å². The van der Waals surface area contributed by atoms with E-state index in [0.29, 0.717) is 0 Å². The van der Waals surface area contributed by atoms with Crippen LogP contribution in [0.4, 0.5) is 11.4 Å². The van der Waals surface area contributed by atoms with Crippen LogP contribution in [0.3, 0.4) is 0 Å². The fourth-order valence-corrected chi connectivity index (χ4v) is 6.33. The van der Waals surface area contributed by atoms with Gasteiger partial charge in [0.25, 0.3) is 0 Å². The molecule has 0 spiro atoms. The maximum atomic E-state index is 6.29. The van der Waals surface area contributed by atoms with Crippen molar-refractivity contribution in [2.75, 3.05) is 5.32 Å². The summed E-state index contributed by atoms with van der Waals surface area (Å²) in [6, 6.07) is 67.7. The Kier molecular flexibility index (Phi) is 7.96. The molecule has 0 saturated carbocycles. The molecule has 9 rings (SSSR count). The van der Waals surface area contributed by atoms with Crippen LogP contribution in [-0.2, 0) is 0 Å². The first-order chi connectivity index (χ1) is 23.8. The molecule has 0 fully saturated rings. The van der Waals surface area contributed by atoms with Gasteiger partial charge in [-0.2, -0.15) is 0 Å². The van der Waals surface area contributed by atoms with Crippen molar-refractivity contribution in [3.05, 3.63) is 194 Å². The monoisotopic (exact) mass is 615 g/mol. The molecular weight excluding hydrogens is 583 g/mol. The topological polar surface area (TPSA) is 25.2 Å². The van der Waals surface area contributed by atoms with Crippen molar-refractivity contribution in [1.82, 2.24) is 0 Å². The van der Waals surface area contributed by atoms with E-state index in [4.69, 9.17) is 4.42 Å². The van der Waals surface area contributed by atoms with Gasteiger partial charge >= 0.3 is 0 Å². The van der Waals surface area contributed by atoms with E-state index < -0.39 is 0 Å². The van der Waals surface area contributed by atoms with Gasteiger partial charge in [-0.3, -0.25) is 0 Å². The summed E-state index contributed by atoms with van der Waals surface area (Å²) in [5, 5.41) is 8.42. The van der Waals surface area contributed by atoms with Crippen LogP contribution in [0.15, 0.2) is 199 Å². The lowest BCUT2D eigenvalue weighted by molar-refractivity contribution is 0.669. The summed E-state index contributed by atoms with van der Waals surface area (Å²) in [6.07, 6.45) is 0. The predicted octanol–water partition coefficient (Wildman–Crippen LogP) is 13.2. The van der Waals surface area contributed by atoms with Crippen molar-refractivity contribution in [3.63, 3.8) is 0 Å². The first-order valence-electron chi connectivity index (χ1n) is 16.3. The van der Waals surface area contributed by atoms with Crippen molar-refractivity contribution < 1.29 is 4.42 Å². The Bertz CT molecular complexity index is 2410. The summed E-state index contributed by atoms with van der Waals surface area (Å²) < 4.78 is 6.29. The van der Waals surface area contributed by atoms with Crippen molar-refractivity contribution >= 4 is 44.1 Å². The van der Waals surface area contributed by atoms with Gasteiger partial charge in [-0.1, -0.05) is 164 Å². The van der Waals surface area contributed by atoms with Gasteiger partial charge in [-0.25, -0.2) is 0 Å². The number of benzene rings is 8. The third-order valence-corrected chi connectivity index (χ3v) is 8.75. The lowest BCUT2D eigenvalue weighted by Crippen LogP contribution is -1.94. The highest BCUT2D eigenvalue weighted by molar-refractivity contribution is 6.10. The van der Waals surface area contributed by atoms with Crippen LogP contribution in [0, 0.1) is 0 Å². The summed E-state index contributed by atoms with van der Waals surface area (Å²) in [5.41, 5.74) is 11.0. The SMILES string of the molecule is c1ccc(-c2ccc(-c3ccc(Nc4cc5oc6ccccc6c5cc4-c4cccc5ccccc45)cc3)cc2)cc1.c1ccccc1. The average molecular weight is 616 g/mol. The zero-order valence-electron chi connectivity index (χ0n) is 26.4. The normalized spacial score (nSPS) is 10.9. The van der Waals surface area contributed by atoms with Gasteiger partial charge in [0.2, 0.25) is 0 Å². The number of rotatable bonds is 5. The number of anilines is 2. The first-order valence-corrected chi connectivity index (χ1v) is 16.3. The number of fused-ring (bicyclic) bond motifs is 4. The standard InChI is InChI=1S/C40H27NO.C6H6/c1-2-9-27(10-3-1)28-17-19-29(20-18-28)30-21-23-32(24-22-30)41-38-26-40-37(35-14-6-7-16-39(35)42-40)25-36(38)34-15-8-12-31-11-4-5-13-33(31)34;1-2-4-6-5-3-1/h1-26,41H;1-6H. The molecule has 0 atom stereocenters. The molecule has 1 N–H and O–H groups in total. The third-order valence-electron chi connectivity index (χ3n) is 8.75. The van der Waals surface area contributed by atoms with Gasteiger partial charge in [0.15, 0.2) is 0 Å². The lowest BCUT2D eigenvalue weighted by atomic mass is 9.95. The van der Waals surface area contributed by atoms with E-state index in [2.05, 4.69) is 145 Å². The predicted molar refractivity (Wildman–Crippen MR) is 204 cm³/mol. The van der Waals surface area contributed by atoms with Crippen LogP contribution in [0.25, 0.3) is 66.1 Å². The molecule has 0 aliphatic rings. The van der Waals surface area contributed by atoms with E-state index in [1.54, 1.807) is 0 Å². The fourth-order valence-electron chi connectivity index (χ4n) is 6.33. The maximum Gasteiger partial charge on any atom is 0.137 e. The summed E-state index contributed by atoms with van der Waals surface area (Å²) in [6.45, 7) is 0. The van der Waals surface area contributed by atoms with E-state index >= 15 is 0 Å². The Morgan fingerprint density at radius 3 is 1.54 bits per heavy atom. The van der Waals surface area contributed by atoms with Crippen molar-refractivity contribution in [1.29, 1.82) is 0 Å². The molecule has 2 heteroatoms. The Morgan fingerprint density at radius 1 is 0.333 bits per heavy atom. The number of furan rings is 1. The lowest BCUT2D eigenvalue weighted by Gasteiger charge is -2.15. The molecule has 0 saturated heterocycles. The van der Waals surface area contributed by atoms with Crippen LogP contribution < -0.4 is 5.32 Å². The van der Waals surface area contributed by atoms with Gasteiger partial charge in [-0.15, -0.1) is 0 Å². The summed E-state index contributed by atoms with van der Waals surface area (Å²) >= 11 is 0. The second kappa shape index (κ2) is 13.2. The molecule has 8 aromatic carbocycles. The molecule has 0 unspecified atom stereocenters. The average Bonchev–Trinajstić information content (AvgIpc) is 3.53. The van der Waals surface area contributed by atoms with Gasteiger partial charge in [-0.05, 0) is 62.9 Å². The smallest absolute Gasteiger partial charge is 0.137 e. The molecule has 9 aromatic rings. The Hall–Kier alpha value is -6.38. The molecule has 48 heavy (non-hydrogen) atoms. The fraction of sp³-hybridized carbons (Fsp3) is 0. The van der Waals surface area contributed by atoms with Crippen LogP contribution in [0.5, 0.6) is 0 Å². The van der Waals surface area contributed by atoms with E-state index in [9.17, 15) is 0 Å². The van der Waals surface area contributed by atoms with Gasteiger partial charge in [0, 0.05) is 28.1 Å². The molecule has 0 radical (unpaired) electrons. The zero-order chi connectivity index (χ0) is 32.1. The second-order valence-electron chi connectivity index (χ2n) is 11.8. The molecule has 0 bridgehead atoms. The second-order valence-corrected chi connectivity index (χ2v) is 11.8. The van der Waals surface area contributed by atoms with Crippen molar-refractivity contribution in [2.45, 2.75) is 0 Å². The molecule has 2 nitrogen and oxygen atoms in total. The van der Waals surface area contributed by atoms with E-state index in [-0.39, 0.29) is 0 Å². The Labute approximate surface area is 280 Å². The molecule has 1 aromatic heterocycles. The quantitative estimate of drug-likeness (QED) is 0.208. The Morgan fingerprint density at radius 2 is 0.854 bits per heavy atom. The minimum Gasteiger partial charge on any atom is -0.456 e. The van der Waals surface area contributed by atoms with Crippen LogP contribution in [0.1, 0.15) is 0 Å². The van der Waals surface area contributed by atoms with Crippen molar-refractivity contribution in [3.8, 4) is 33.4 Å². The Balaban J connectivity index is 0.000000508. The summed E-state index contributed by atoms with van der Waals surface area (Å²) in [4.78, 5) is 0. The molecule has 0 aliphatic carbocycles. The van der Waals surface area contributed by atoms with Crippen LogP contribution in [-0.4, -0.2) is 0 Å². The molecular formula is C46H33NO. The molecule has 0 amide bonds. The highest BCUT2D eigenvalue weighted by atomic mass is 16.3. The minimum absolute atomic E-state index is 0.873. The molecule has 1 heterocycles. The third kappa shape index (κ3) is 5.95. The minimum atomic E-state index is 0.873. The molecule has 0 aliphatic heterocycles. The van der Waals surface area contributed by atoms with Crippen molar-refractivity contribution in [2.24, 2.45) is 0 Å². The first kappa shape index (κ1) is 29.1. The van der Waals surface area contributed by atoms with E-state index in [0.717, 1.165) is 38.9 Å². The van der Waals surface area contributed by atoms with Gasteiger partial charge < -0.3 is 9.73 Å². The number of hydrogen-bond acceptors (Lipinski definition) is 2. The zero-order valence-corrected chi connectivity index (χ0v) is 26.4. The van der Waals surface area contributed by atoms with Gasteiger partial charge in [0.1, 0.15) is 11.2 Å². The largest absolute Gasteiger partial charge is 0.456 e. The maximum absolute atomic E-state index is 6.29. The van der Waals surface area contributed by atoms with Gasteiger partial charge in [0.05, 0.1) is 5.69 Å². The summed E-state index contributed by atoms with van der Waals surface area (Å²) in [5.74, 6) is 0. The van der Waals surface area contributed by atoms with E-state index in [1.165, 1.54) is 38.6 Å². The number of para-hydroxylation sites is 1.